The van der Waals surface area contributed by atoms with Gasteiger partial charge in [0.2, 0.25) is 11.7 Å². The number of carbonyl (C=O) groups is 1. The van der Waals surface area contributed by atoms with Crippen LogP contribution in [0.5, 0.6) is 0 Å². The van der Waals surface area contributed by atoms with Gasteiger partial charge in [0.05, 0.1) is 16.6 Å². The Morgan fingerprint density at radius 2 is 1.89 bits per heavy atom. The Labute approximate surface area is 211 Å². The minimum Gasteiger partial charge on any atom is -0.333 e. The largest absolute Gasteiger partial charge is 0.333 e. The average Bonchev–Trinajstić information content (AvgIpc) is 3.51. The van der Waals surface area contributed by atoms with Gasteiger partial charge in [-0.05, 0) is 43.0 Å². The van der Waals surface area contributed by atoms with Crippen molar-refractivity contribution in [3.63, 3.8) is 0 Å². The zero-order chi connectivity index (χ0) is 25.1. The molecule has 0 aliphatic rings. The first kappa shape index (κ1) is 23.6. The summed E-state index contributed by atoms with van der Waals surface area (Å²) in [6.07, 6.45) is 4.70. The maximum atomic E-state index is 13.2. The molecule has 9 heteroatoms. The van der Waals surface area contributed by atoms with Crippen molar-refractivity contribution < 1.29 is 9.32 Å². The standard InChI is InChI=1S/C27H25N5O3S/c1-3-4-8-18-11-13-20(14-12-18)29-21(33)15-32-16-28-26-22(27(32)34)17(2)23(36-26)25-30-24(31-35-25)19-9-6-5-7-10-19/h5-7,9-14,16H,3-4,8,15H2,1-2H3,(H,29,33). The van der Waals surface area contributed by atoms with E-state index in [1.165, 1.54) is 27.8 Å². The van der Waals surface area contributed by atoms with Crippen LogP contribution in [-0.2, 0) is 17.8 Å². The van der Waals surface area contributed by atoms with Crippen molar-refractivity contribution in [2.75, 3.05) is 5.32 Å². The number of nitrogens with one attached hydrogen (secondary N) is 1. The Morgan fingerprint density at radius 1 is 1.11 bits per heavy atom. The third-order valence-electron chi connectivity index (χ3n) is 5.94. The predicted octanol–water partition coefficient (Wildman–Crippen LogP) is 5.46. The van der Waals surface area contributed by atoms with Gasteiger partial charge in [-0.15, -0.1) is 11.3 Å². The molecule has 0 saturated carbocycles. The molecular formula is C27H25N5O3S. The maximum Gasteiger partial charge on any atom is 0.268 e. The van der Waals surface area contributed by atoms with Gasteiger partial charge in [0, 0.05) is 11.3 Å². The topological polar surface area (TPSA) is 103 Å². The third-order valence-corrected chi connectivity index (χ3v) is 7.13. The molecule has 0 bridgehead atoms. The van der Waals surface area contributed by atoms with E-state index in [4.69, 9.17) is 4.52 Å². The molecule has 5 aromatic rings. The SMILES string of the molecule is CCCCc1ccc(NC(=O)Cn2cnc3sc(-c4nc(-c5ccccc5)no4)c(C)c3c2=O)cc1. The summed E-state index contributed by atoms with van der Waals surface area (Å²) in [6, 6.07) is 17.3. The molecule has 1 N–H and O–H groups in total. The van der Waals surface area contributed by atoms with E-state index in [-0.39, 0.29) is 18.0 Å². The molecule has 0 radical (unpaired) electrons. The molecule has 0 unspecified atom stereocenters. The van der Waals surface area contributed by atoms with E-state index in [1.807, 2.05) is 61.5 Å². The van der Waals surface area contributed by atoms with Gasteiger partial charge in [0.25, 0.3) is 11.4 Å². The summed E-state index contributed by atoms with van der Waals surface area (Å²) in [5, 5.41) is 7.38. The van der Waals surface area contributed by atoms with Gasteiger partial charge >= 0.3 is 0 Å². The van der Waals surface area contributed by atoms with Crippen molar-refractivity contribution in [1.82, 2.24) is 19.7 Å². The van der Waals surface area contributed by atoms with Gasteiger partial charge in [-0.2, -0.15) is 4.98 Å². The maximum absolute atomic E-state index is 13.2. The lowest BCUT2D eigenvalue weighted by Gasteiger charge is -2.08. The number of thiophene rings is 1. The van der Waals surface area contributed by atoms with Crippen LogP contribution in [0.25, 0.3) is 32.4 Å². The van der Waals surface area contributed by atoms with Gasteiger partial charge in [-0.3, -0.25) is 14.2 Å². The monoisotopic (exact) mass is 499 g/mol. The normalized spacial score (nSPS) is 11.2. The lowest BCUT2D eigenvalue weighted by molar-refractivity contribution is -0.116. The average molecular weight is 500 g/mol. The van der Waals surface area contributed by atoms with Gasteiger partial charge in [0.1, 0.15) is 11.4 Å². The Balaban J connectivity index is 1.36. The number of anilines is 1. The fourth-order valence-corrected chi connectivity index (χ4v) is 5.05. The quantitative estimate of drug-likeness (QED) is 0.304. The smallest absolute Gasteiger partial charge is 0.268 e. The van der Waals surface area contributed by atoms with Crippen molar-refractivity contribution in [3.05, 3.63) is 82.4 Å². The van der Waals surface area contributed by atoms with Crippen molar-refractivity contribution in [1.29, 1.82) is 0 Å². The number of amides is 1. The molecule has 3 aromatic heterocycles. The summed E-state index contributed by atoms with van der Waals surface area (Å²) < 4.78 is 6.81. The molecule has 0 fully saturated rings. The highest BCUT2D eigenvalue weighted by molar-refractivity contribution is 7.22. The second-order valence-corrected chi connectivity index (χ2v) is 9.55. The Hall–Kier alpha value is -4.11. The third kappa shape index (κ3) is 4.83. The number of hydrogen-bond acceptors (Lipinski definition) is 7. The van der Waals surface area contributed by atoms with E-state index in [9.17, 15) is 9.59 Å². The molecule has 2 aromatic carbocycles. The van der Waals surface area contributed by atoms with Crippen LogP contribution in [0.15, 0.2) is 70.2 Å². The summed E-state index contributed by atoms with van der Waals surface area (Å²) in [7, 11) is 0. The zero-order valence-corrected chi connectivity index (χ0v) is 20.8. The zero-order valence-electron chi connectivity index (χ0n) is 20.0. The molecule has 0 spiro atoms. The molecule has 0 atom stereocenters. The van der Waals surface area contributed by atoms with E-state index in [0.29, 0.717) is 38.1 Å². The second-order valence-electron chi connectivity index (χ2n) is 8.55. The fourth-order valence-electron chi connectivity index (χ4n) is 3.99. The molecule has 0 aliphatic carbocycles. The summed E-state index contributed by atoms with van der Waals surface area (Å²) in [5.74, 6) is 0.514. The van der Waals surface area contributed by atoms with Gasteiger partial charge in [0.15, 0.2) is 0 Å². The van der Waals surface area contributed by atoms with E-state index >= 15 is 0 Å². The first-order valence-electron chi connectivity index (χ1n) is 11.8. The Kier molecular flexibility index (Phi) is 6.73. The van der Waals surface area contributed by atoms with Crippen LogP contribution in [0, 0.1) is 6.92 Å². The number of fused-ring (bicyclic) bond motifs is 1. The van der Waals surface area contributed by atoms with Crippen molar-refractivity contribution in [2.24, 2.45) is 0 Å². The van der Waals surface area contributed by atoms with Crippen LogP contribution >= 0.6 is 11.3 Å². The summed E-state index contributed by atoms with van der Waals surface area (Å²) >= 11 is 1.32. The van der Waals surface area contributed by atoms with E-state index in [2.05, 4.69) is 27.4 Å². The van der Waals surface area contributed by atoms with E-state index < -0.39 is 0 Å². The van der Waals surface area contributed by atoms with Crippen LogP contribution in [0.1, 0.15) is 30.9 Å². The van der Waals surface area contributed by atoms with Crippen LogP contribution in [-0.4, -0.2) is 25.6 Å². The predicted molar refractivity (Wildman–Crippen MR) is 141 cm³/mol. The van der Waals surface area contributed by atoms with Crippen LogP contribution in [0.2, 0.25) is 0 Å². The number of nitrogens with zero attached hydrogens (tertiary/aromatic N) is 4. The van der Waals surface area contributed by atoms with Crippen molar-refractivity contribution in [2.45, 2.75) is 39.7 Å². The lowest BCUT2D eigenvalue weighted by Crippen LogP contribution is -2.27. The van der Waals surface area contributed by atoms with Crippen LogP contribution in [0.4, 0.5) is 5.69 Å². The minimum atomic E-state index is -0.294. The molecule has 5 rings (SSSR count). The Bertz CT molecular complexity index is 1570. The van der Waals surface area contributed by atoms with Crippen molar-refractivity contribution >= 4 is 33.1 Å². The number of aryl methyl sites for hydroxylation is 2. The first-order valence-corrected chi connectivity index (χ1v) is 12.6. The van der Waals surface area contributed by atoms with E-state index in [0.717, 1.165) is 24.8 Å². The molecule has 0 saturated heterocycles. The van der Waals surface area contributed by atoms with Crippen LogP contribution in [0.3, 0.4) is 0 Å². The summed E-state index contributed by atoms with van der Waals surface area (Å²) in [6.45, 7) is 3.85. The number of benzene rings is 2. The molecular weight excluding hydrogens is 474 g/mol. The van der Waals surface area contributed by atoms with Gasteiger partial charge < -0.3 is 9.84 Å². The van der Waals surface area contributed by atoms with E-state index in [1.54, 1.807) is 0 Å². The molecule has 1 amide bonds. The second kappa shape index (κ2) is 10.2. The van der Waals surface area contributed by atoms with Gasteiger partial charge in [-0.1, -0.05) is 61.0 Å². The highest BCUT2D eigenvalue weighted by atomic mass is 32.1. The summed E-state index contributed by atoms with van der Waals surface area (Å²) in [5.41, 5.74) is 3.19. The molecule has 3 heterocycles. The molecule has 8 nitrogen and oxygen atoms in total. The molecule has 36 heavy (non-hydrogen) atoms. The first-order chi connectivity index (χ1) is 17.5. The number of carbonyl (C=O) groups excluding carboxylic acids is 1. The molecule has 0 aliphatic heterocycles. The Morgan fingerprint density at radius 3 is 2.64 bits per heavy atom. The minimum absolute atomic E-state index is 0.136. The highest BCUT2D eigenvalue weighted by Gasteiger charge is 2.21. The number of rotatable bonds is 8. The molecule has 182 valence electrons. The van der Waals surface area contributed by atoms with Gasteiger partial charge in [-0.25, -0.2) is 4.98 Å². The number of aromatic nitrogens is 4. The fraction of sp³-hybridized carbons (Fsp3) is 0.222. The van der Waals surface area contributed by atoms with Crippen molar-refractivity contribution in [3.8, 4) is 22.2 Å². The number of unbranched alkanes of at least 4 members (excludes halogenated alkanes) is 1. The summed E-state index contributed by atoms with van der Waals surface area (Å²) in [4.78, 5) is 36.1. The highest BCUT2D eigenvalue weighted by Crippen LogP contribution is 2.35. The lowest BCUT2D eigenvalue weighted by atomic mass is 10.1. The van der Waals surface area contributed by atoms with Crippen LogP contribution < -0.4 is 10.9 Å². The number of hydrogen-bond donors (Lipinski definition) is 1.